The number of fused-ring (bicyclic) bond motifs is 1. The second-order valence-corrected chi connectivity index (χ2v) is 5.54. The molecule has 1 N–H and O–H groups in total. The monoisotopic (exact) mass is 377 g/mol. The smallest absolute Gasteiger partial charge is 0.257 e. The van der Waals surface area contributed by atoms with Gasteiger partial charge in [0.05, 0.1) is 24.1 Å². The van der Waals surface area contributed by atoms with Gasteiger partial charge >= 0.3 is 0 Å². The van der Waals surface area contributed by atoms with Crippen LogP contribution in [0.1, 0.15) is 0 Å². The van der Waals surface area contributed by atoms with Gasteiger partial charge in [0.25, 0.3) is 5.88 Å². The molecule has 118 valence electrons. The van der Waals surface area contributed by atoms with Crippen LogP contribution in [0.4, 0.5) is 0 Å². The third-order valence-corrected chi connectivity index (χ3v) is 3.91. The van der Waals surface area contributed by atoms with E-state index in [4.69, 9.17) is 13.9 Å². The molecule has 23 heavy (non-hydrogen) atoms. The van der Waals surface area contributed by atoms with Gasteiger partial charge in [-0.25, -0.2) is 4.98 Å². The van der Waals surface area contributed by atoms with Gasteiger partial charge < -0.3 is 19.0 Å². The van der Waals surface area contributed by atoms with Gasteiger partial charge in [0.2, 0.25) is 0 Å². The van der Waals surface area contributed by atoms with Crippen LogP contribution in [0.25, 0.3) is 22.4 Å². The molecule has 0 aliphatic heterocycles. The SMILES string of the molecule is COc1cc2oc(-c3ccc(O)c(OC)n3)cc(=O)c2cc1Br. The fraction of sp³-hybridized carbons (Fsp3) is 0.125. The van der Waals surface area contributed by atoms with Gasteiger partial charge in [0.1, 0.15) is 17.0 Å². The molecule has 0 aliphatic rings. The number of benzene rings is 1. The maximum absolute atomic E-state index is 12.3. The Morgan fingerprint density at radius 3 is 2.65 bits per heavy atom. The van der Waals surface area contributed by atoms with Crippen molar-refractivity contribution >= 4 is 26.9 Å². The number of hydrogen-bond acceptors (Lipinski definition) is 6. The van der Waals surface area contributed by atoms with E-state index in [1.165, 1.54) is 32.4 Å². The Morgan fingerprint density at radius 2 is 1.96 bits per heavy atom. The average molecular weight is 378 g/mol. The molecule has 2 heterocycles. The molecule has 3 aromatic rings. The Morgan fingerprint density at radius 1 is 1.17 bits per heavy atom. The number of nitrogens with zero attached hydrogens (tertiary/aromatic N) is 1. The highest BCUT2D eigenvalue weighted by Gasteiger charge is 2.13. The van der Waals surface area contributed by atoms with Gasteiger partial charge in [-0.05, 0) is 34.1 Å². The molecule has 2 aromatic heterocycles. The fourth-order valence-electron chi connectivity index (χ4n) is 2.16. The van der Waals surface area contributed by atoms with Crippen molar-refractivity contribution in [2.45, 2.75) is 0 Å². The van der Waals surface area contributed by atoms with Gasteiger partial charge in [0.15, 0.2) is 16.9 Å². The van der Waals surface area contributed by atoms with Crippen molar-refractivity contribution in [1.82, 2.24) is 4.98 Å². The zero-order valence-corrected chi connectivity index (χ0v) is 13.9. The highest BCUT2D eigenvalue weighted by atomic mass is 79.9. The Balaban J connectivity index is 2.23. The van der Waals surface area contributed by atoms with Crippen molar-refractivity contribution in [2.75, 3.05) is 14.2 Å². The van der Waals surface area contributed by atoms with E-state index in [1.807, 2.05) is 0 Å². The van der Waals surface area contributed by atoms with Crippen molar-refractivity contribution in [1.29, 1.82) is 0 Å². The highest BCUT2D eigenvalue weighted by Crippen LogP contribution is 2.32. The second kappa shape index (κ2) is 5.92. The Kier molecular flexibility index (Phi) is 3.96. The topological polar surface area (TPSA) is 81.8 Å². The third kappa shape index (κ3) is 2.75. The minimum atomic E-state index is -0.210. The van der Waals surface area contributed by atoms with Gasteiger partial charge in [-0.3, -0.25) is 4.79 Å². The molecule has 0 spiro atoms. The van der Waals surface area contributed by atoms with Crippen LogP contribution in [-0.4, -0.2) is 24.3 Å². The van der Waals surface area contributed by atoms with Gasteiger partial charge in [0, 0.05) is 12.1 Å². The molecule has 1 aromatic carbocycles. The number of rotatable bonds is 3. The zero-order chi connectivity index (χ0) is 16.6. The summed E-state index contributed by atoms with van der Waals surface area (Å²) in [6.45, 7) is 0. The Hall–Kier alpha value is -2.54. The summed E-state index contributed by atoms with van der Waals surface area (Å²) in [4.78, 5) is 16.4. The molecule has 0 radical (unpaired) electrons. The Bertz CT molecular complexity index is 951. The summed E-state index contributed by atoms with van der Waals surface area (Å²) in [5.41, 5.74) is 0.542. The maximum Gasteiger partial charge on any atom is 0.257 e. The van der Waals surface area contributed by atoms with E-state index in [9.17, 15) is 9.90 Å². The molecule has 3 rings (SSSR count). The summed E-state index contributed by atoms with van der Waals surface area (Å²) >= 11 is 3.34. The van der Waals surface area contributed by atoms with Crippen molar-refractivity contribution in [3.63, 3.8) is 0 Å². The molecule has 0 atom stereocenters. The number of pyridine rings is 1. The van der Waals surface area contributed by atoms with Crippen LogP contribution in [0.2, 0.25) is 0 Å². The number of methoxy groups -OCH3 is 2. The van der Waals surface area contributed by atoms with E-state index in [2.05, 4.69) is 20.9 Å². The predicted octanol–water partition coefficient (Wildman–Crippen LogP) is 3.34. The number of hydrogen-bond donors (Lipinski definition) is 1. The van der Waals surface area contributed by atoms with Crippen LogP contribution in [0.15, 0.2) is 44.0 Å². The van der Waals surface area contributed by atoms with Crippen LogP contribution in [0.3, 0.4) is 0 Å². The van der Waals surface area contributed by atoms with Crippen LogP contribution < -0.4 is 14.9 Å². The minimum Gasteiger partial charge on any atom is -0.503 e. The molecule has 0 saturated carbocycles. The summed E-state index contributed by atoms with van der Waals surface area (Å²) < 4.78 is 16.6. The first kappa shape index (κ1) is 15.4. The van der Waals surface area contributed by atoms with E-state index in [0.717, 1.165) is 0 Å². The first-order valence-corrected chi connectivity index (χ1v) is 7.38. The quantitative estimate of drug-likeness (QED) is 0.753. The van der Waals surface area contributed by atoms with E-state index >= 15 is 0 Å². The lowest BCUT2D eigenvalue weighted by Crippen LogP contribution is -2.02. The maximum atomic E-state index is 12.3. The minimum absolute atomic E-state index is 0.0543. The summed E-state index contributed by atoms with van der Waals surface area (Å²) in [5.74, 6) is 0.780. The average Bonchev–Trinajstić information content (AvgIpc) is 2.55. The predicted molar refractivity (Wildman–Crippen MR) is 88.2 cm³/mol. The van der Waals surface area contributed by atoms with E-state index in [1.54, 1.807) is 12.1 Å². The summed E-state index contributed by atoms with van der Waals surface area (Å²) in [6, 6.07) is 7.59. The lowest BCUT2D eigenvalue weighted by atomic mass is 10.2. The van der Waals surface area contributed by atoms with Crippen molar-refractivity contribution in [2.24, 2.45) is 0 Å². The first-order chi connectivity index (χ1) is 11.0. The molecule has 0 fully saturated rings. The van der Waals surface area contributed by atoms with Gasteiger partial charge in [-0.1, -0.05) is 0 Å². The summed E-state index contributed by atoms with van der Waals surface area (Å²) in [7, 11) is 2.92. The third-order valence-electron chi connectivity index (χ3n) is 3.29. The molecule has 6 nitrogen and oxygen atoms in total. The normalized spacial score (nSPS) is 10.7. The standard InChI is InChI=1S/C16H12BrNO5/c1-21-14-7-13-8(5-9(14)17)12(20)6-15(23-13)10-3-4-11(19)16(18-10)22-2/h3-7,19H,1-2H3. The first-order valence-electron chi connectivity index (χ1n) is 6.59. The molecule has 0 bridgehead atoms. The number of ether oxygens (including phenoxy) is 2. The van der Waals surface area contributed by atoms with Gasteiger partial charge in [-0.15, -0.1) is 0 Å². The van der Waals surface area contributed by atoms with Crippen LogP contribution in [-0.2, 0) is 0 Å². The van der Waals surface area contributed by atoms with Crippen LogP contribution >= 0.6 is 15.9 Å². The van der Waals surface area contributed by atoms with Crippen molar-refractivity contribution in [3.05, 3.63) is 45.0 Å². The lowest BCUT2D eigenvalue weighted by molar-refractivity contribution is 0.359. The number of aromatic hydroxyl groups is 1. The summed E-state index contributed by atoms with van der Waals surface area (Å²) in [5, 5.41) is 10.0. The second-order valence-electron chi connectivity index (χ2n) is 4.68. The van der Waals surface area contributed by atoms with Crippen LogP contribution in [0, 0.1) is 0 Å². The lowest BCUT2D eigenvalue weighted by Gasteiger charge is -2.08. The molecule has 0 unspecified atom stereocenters. The van der Waals surface area contributed by atoms with Crippen molar-refractivity contribution < 1.29 is 19.0 Å². The van der Waals surface area contributed by atoms with E-state index in [0.29, 0.717) is 26.9 Å². The molecule has 7 heteroatoms. The van der Waals surface area contributed by atoms with Gasteiger partial charge in [-0.2, -0.15) is 0 Å². The number of aromatic nitrogens is 1. The van der Waals surface area contributed by atoms with E-state index < -0.39 is 0 Å². The summed E-state index contributed by atoms with van der Waals surface area (Å²) in [6.07, 6.45) is 0. The fourth-order valence-corrected chi connectivity index (χ4v) is 2.66. The molecular formula is C16H12BrNO5. The zero-order valence-electron chi connectivity index (χ0n) is 12.3. The number of halogens is 1. The van der Waals surface area contributed by atoms with Crippen molar-refractivity contribution in [3.8, 4) is 28.8 Å². The van der Waals surface area contributed by atoms with Crippen LogP contribution in [0.5, 0.6) is 17.4 Å². The molecular weight excluding hydrogens is 366 g/mol. The van der Waals surface area contributed by atoms with E-state index in [-0.39, 0.29) is 22.8 Å². The highest BCUT2D eigenvalue weighted by molar-refractivity contribution is 9.10. The Labute approximate surface area is 139 Å². The molecule has 0 saturated heterocycles. The molecule has 0 aliphatic carbocycles. The molecule has 0 amide bonds. The largest absolute Gasteiger partial charge is 0.503 e.